The number of halogens is 1. The second kappa shape index (κ2) is 7.53. The van der Waals surface area contributed by atoms with Gasteiger partial charge in [0.15, 0.2) is 0 Å². The third-order valence-electron chi connectivity index (χ3n) is 3.58. The normalized spacial score (nSPS) is 10.3. The second-order valence-electron chi connectivity index (χ2n) is 5.57. The summed E-state index contributed by atoms with van der Waals surface area (Å²) in [4.78, 5) is 20.3. The number of rotatable bonds is 5. The molecule has 0 unspecified atom stereocenters. The van der Waals surface area contributed by atoms with Gasteiger partial charge in [0.2, 0.25) is 0 Å². The predicted octanol–water partition coefficient (Wildman–Crippen LogP) is 3.79. The van der Waals surface area contributed by atoms with E-state index >= 15 is 0 Å². The molecule has 0 saturated heterocycles. The quantitative estimate of drug-likeness (QED) is 0.744. The molecule has 0 aliphatic carbocycles. The zero-order valence-corrected chi connectivity index (χ0v) is 13.7. The molecular weight excluding hydrogens is 319 g/mol. The summed E-state index contributed by atoms with van der Waals surface area (Å²) in [5, 5.41) is 5.66. The van der Waals surface area contributed by atoms with Crippen LogP contribution in [0.25, 0.3) is 0 Å². The molecule has 126 valence electrons. The van der Waals surface area contributed by atoms with Crippen molar-refractivity contribution >= 4 is 17.4 Å². The highest BCUT2D eigenvalue weighted by Gasteiger charge is 2.11. The summed E-state index contributed by atoms with van der Waals surface area (Å²) in [6.07, 6.45) is 1.30. The molecule has 0 bridgehead atoms. The molecule has 1 amide bonds. The average Bonchev–Trinajstić information content (AvgIpc) is 2.62. The maximum atomic E-state index is 13.6. The molecule has 1 aromatic heterocycles. The fourth-order valence-electron chi connectivity index (χ4n) is 2.34. The van der Waals surface area contributed by atoms with E-state index in [4.69, 9.17) is 0 Å². The van der Waals surface area contributed by atoms with E-state index in [1.807, 2.05) is 25.1 Å². The molecule has 0 fully saturated rings. The zero-order chi connectivity index (χ0) is 17.6. The van der Waals surface area contributed by atoms with Gasteiger partial charge in [-0.2, -0.15) is 0 Å². The molecule has 1 heterocycles. The molecule has 3 aromatic rings. The van der Waals surface area contributed by atoms with Crippen LogP contribution in [-0.4, -0.2) is 15.9 Å². The standard InChI is InChI=1S/C19H17FN4O/c1-13-5-4-6-14(9-13)11-21-18-10-17(22-12-23-18)19(25)24-16-8-3-2-7-15(16)20/h2-10,12H,11H2,1H3,(H,24,25)(H,21,22,23). The van der Waals surface area contributed by atoms with E-state index in [1.54, 1.807) is 12.1 Å². The number of hydrogen-bond donors (Lipinski definition) is 2. The first-order valence-electron chi connectivity index (χ1n) is 7.79. The SMILES string of the molecule is Cc1cccc(CNc2cc(C(=O)Nc3ccccc3F)ncn2)c1. The molecule has 25 heavy (non-hydrogen) atoms. The van der Waals surface area contributed by atoms with Crippen molar-refractivity contribution in [2.75, 3.05) is 10.6 Å². The highest BCUT2D eigenvalue weighted by molar-refractivity contribution is 6.03. The largest absolute Gasteiger partial charge is 0.366 e. The number of nitrogens with one attached hydrogen (secondary N) is 2. The Kier molecular flexibility index (Phi) is 4.99. The molecule has 0 aliphatic rings. The lowest BCUT2D eigenvalue weighted by Gasteiger charge is -2.08. The Morgan fingerprint density at radius 2 is 1.92 bits per heavy atom. The fraction of sp³-hybridized carbons (Fsp3) is 0.105. The first kappa shape index (κ1) is 16.6. The van der Waals surface area contributed by atoms with E-state index < -0.39 is 11.7 Å². The molecule has 5 nitrogen and oxygen atoms in total. The molecule has 3 rings (SSSR count). The number of para-hydroxylation sites is 1. The number of hydrogen-bond acceptors (Lipinski definition) is 4. The molecular formula is C19H17FN4O. The van der Waals surface area contributed by atoms with Crippen LogP contribution < -0.4 is 10.6 Å². The highest BCUT2D eigenvalue weighted by Crippen LogP contribution is 2.14. The summed E-state index contributed by atoms with van der Waals surface area (Å²) in [6.45, 7) is 2.60. The summed E-state index contributed by atoms with van der Waals surface area (Å²) >= 11 is 0. The molecule has 0 radical (unpaired) electrons. The Labute approximate surface area is 145 Å². The van der Waals surface area contributed by atoms with Gasteiger partial charge >= 0.3 is 0 Å². The molecule has 2 N–H and O–H groups in total. The number of nitrogens with zero attached hydrogens (tertiary/aromatic N) is 2. The van der Waals surface area contributed by atoms with Gasteiger partial charge in [-0.3, -0.25) is 4.79 Å². The molecule has 0 spiro atoms. The number of carbonyl (C=O) groups is 1. The van der Waals surface area contributed by atoms with Gasteiger partial charge in [-0.1, -0.05) is 42.0 Å². The number of aromatic nitrogens is 2. The van der Waals surface area contributed by atoms with Gasteiger partial charge in [0.1, 0.15) is 23.7 Å². The van der Waals surface area contributed by atoms with Crippen LogP contribution in [0.5, 0.6) is 0 Å². The minimum Gasteiger partial charge on any atom is -0.366 e. The number of carbonyl (C=O) groups excluding carboxylic acids is 1. The fourth-order valence-corrected chi connectivity index (χ4v) is 2.34. The third-order valence-corrected chi connectivity index (χ3v) is 3.58. The molecule has 0 saturated carbocycles. The van der Waals surface area contributed by atoms with Crippen LogP contribution in [0.2, 0.25) is 0 Å². The van der Waals surface area contributed by atoms with Gasteiger partial charge in [0, 0.05) is 12.6 Å². The Morgan fingerprint density at radius 3 is 2.72 bits per heavy atom. The maximum Gasteiger partial charge on any atom is 0.274 e. The van der Waals surface area contributed by atoms with Crippen molar-refractivity contribution in [1.82, 2.24) is 9.97 Å². The van der Waals surface area contributed by atoms with E-state index in [2.05, 4.69) is 26.7 Å². The van der Waals surface area contributed by atoms with E-state index in [1.165, 1.54) is 30.1 Å². The van der Waals surface area contributed by atoms with Crippen molar-refractivity contribution in [2.45, 2.75) is 13.5 Å². The number of benzene rings is 2. The minimum atomic E-state index is -0.497. The van der Waals surface area contributed by atoms with Crippen molar-refractivity contribution < 1.29 is 9.18 Å². The molecule has 0 atom stereocenters. The summed E-state index contributed by atoms with van der Waals surface area (Å²) in [5.41, 5.74) is 2.55. The van der Waals surface area contributed by atoms with Crippen molar-refractivity contribution in [2.24, 2.45) is 0 Å². The van der Waals surface area contributed by atoms with Crippen LogP contribution in [0.15, 0.2) is 60.9 Å². The minimum absolute atomic E-state index is 0.111. The maximum absolute atomic E-state index is 13.6. The molecule has 6 heteroatoms. The Morgan fingerprint density at radius 1 is 1.08 bits per heavy atom. The van der Waals surface area contributed by atoms with Crippen LogP contribution in [0.3, 0.4) is 0 Å². The third kappa shape index (κ3) is 4.38. The van der Waals surface area contributed by atoms with Gasteiger partial charge in [-0.05, 0) is 24.6 Å². The lowest BCUT2D eigenvalue weighted by molar-refractivity contribution is 0.102. The summed E-state index contributed by atoms with van der Waals surface area (Å²) < 4.78 is 13.6. The van der Waals surface area contributed by atoms with Gasteiger partial charge in [-0.15, -0.1) is 0 Å². The Bertz CT molecular complexity index is 898. The smallest absolute Gasteiger partial charge is 0.274 e. The molecule has 0 aliphatic heterocycles. The van der Waals surface area contributed by atoms with Crippen LogP contribution in [0, 0.1) is 12.7 Å². The van der Waals surface area contributed by atoms with Crippen molar-refractivity contribution in [3.8, 4) is 0 Å². The van der Waals surface area contributed by atoms with Crippen LogP contribution in [0.4, 0.5) is 15.9 Å². The lowest BCUT2D eigenvalue weighted by atomic mass is 10.1. The number of aryl methyl sites for hydroxylation is 1. The van der Waals surface area contributed by atoms with E-state index in [0.29, 0.717) is 12.4 Å². The topological polar surface area (TPSA) is 66.9 Å². The van der Waals surface area contributed by atoms with Gasteiger partial charge in [-0.25, -0.2) is 14.4 Å². The van der Waals surface area contributed by atoms with Gasteiger partial charge < -0.3 is 10.6 Å². The number of anilines is 2. The predicted molar refractivity (Wildman–Crippen MR) is 94.9 cm³/mol. The van der Waals surface area contributed by atoms with Gasteiger partial charge in [0.05, 0.1) is 5.69 Å². The first-order valence-corrected chi connectivity index (χ1v) is 7.79. The van der Waals surface area contributed by atoms with Gasteiger partial charge in [0.25, 0.3) is 5.91 Å². The summed E-state index contributed by atoms with van der Waals surface area (Å²) in [7, 11) is 0. The number of amides is 1. The summed E-state index contributed by atoms with van der Waals surface area (Å²) in [5.74, 6) is -0.469. The average molecular weight is 336 g/mol. The van der Waals surface area contributed by atoms with Crippen LogP contribution >= 0.6 is 0 Å². The van der Waals surface area contributed by atoms with E-state index in [-0.39, 0.29) is 11.4 Å². The van der Waals surface area contributed by atoms with Crippen molar-refractivity contribution in [3.05, 3.63) is 83.6 Å². The highest BCUT2D eigenvalue weighted by atomic mass is 19.1. The zero-order valence-electron chi connectivity index (χ0n) is 13.7. The van der Waals surface area contributed by atoms with Crippen LogP contribution in [-0.2, 0) is 6.54 Å². The van der Waals surface area contributed by atoms with E-state index in [0.717, 1.165) is 5.56 Å². The first-order chi connectivity index (χ1) is 12.1. The lowest BCUT2D eigenvalue weighted by Crippen LogP contribution is -2.15. The Hall–Kier alpha value is -3.28. The summed E-state index contributed by atoms with van der Waals surface area (Å²) in [6, 6.07) is 15.6. The molecule has 2 aromatic carbocycles. The van der Waals surface area contributed by atoms with E-state index in [9.17, 15) is 9.18 Å². The van der Waals surface area contributed by atoms with Crippen molar-refractivity contribution in [3.63, 3.8) is 0 Å². The monoisotopic (exact) mass is 336 g/mol. The second-order valence-corrected chi connectivity index (χ2v) is 5.57. The van der Waals surface area contributed by atoms with Crippen molar-refractivity contribution in [1.29, 1.82) is 0 Å². The van der Waals surface area contributed by atoms with Crippen LogP contribution in [0.1, 0.15) is 21.6 Å². The Balaban J connectivity index is 1.68.